The molecule has 2 fully saturated rings. The van der Waals surface area contributed by atoms with Gasteiger partial charge in [0.25, 0.3) is 0 Å². The van der Waals surface area contributed by atoms with E-state index in [2.05, 4.69) is 15.5 Å². The van der Waals surface area contributed by atoms with Crippen molar-refractivity contribution in [3.63, 3.8) is 0 Å². The lowest BCUT2D eigenvalue weighted by molar-refractivity contribution is -0.123. The summed E-state index contributed by atoms with van der Waals surface area (Å²) < 4.78 is 0. The number of carbonyl (C=O) groups excluding carboxylic acids is 1. The second-order valence-corrected chi connectivity index (χ2v) is 5.55. The summed E-state index contributed by atoms with van der Waals surface area (Å²) in [4.78, 5) is 14.4. The molecule has 0 bridgehead atoms. The summed E-state index contributed by atoms with van der Waals surface area (Å²) in [5, 5.41) is 6.37. The average Bonchev–Trinajstić information content (AvgIpc) is 2.68. The monoisotopic (exact) mass is 253 g/mol. The Hall–Kier alpha value is -0.610. The van der Waals surface area contributed by atoms with Gasteiger partial charge in [0.15, 0.2) is 0 Å². The topological polar surface area (TPSA) is 44.4 Å². The van der Waals surface area contributed by atoms with Gasteiger partial charge in [-0.25, -0.2) is 0 Å². The molecule has 1 amide bonds. The van der Waals surface area contributed by atoms with Crippen LogP contribution in [0.1, 0.15) is 44.9 Å². The minimum Gasteiger partial charge on any atom is -0.353 e. The van der Waals surface area contributed by atoms with E-state index in [4.69, 9.17) is 0 Å². The highest BCUT2D eigenvalue weighted by molar-refractivity contribution is 5.81. The van der Waals surface area contributed by atoms with Crippen LogP contribution in [0.3, 0.4) is 0 Å². The van der Waals surface area contributed by atoms with Crippen LogP contribution in [0.25, 0.3) is 0 Å². The number of amides is 1. The van der Waals surface area contributed by atoms with Gasteiger partial charge in [0.2, 0.25) is 5.91 Å². The molecule has 2 heterocycles. The van der Waals surface area contributed by atoms with E-state index >= 15 is 0 Å². The first-order valence-electron chi connectivity index (χ1n) is 7.60. The summed E-state index contributed by atoms with van der Waals surface area (Å²) in [6.45, 7) is 5.22. The molecule has 2 aliphatic rings. The first-order chi connectivity index (χ1) is 8.86. The Morgan fingerprint density at radius 3 is 2.56 bits per heavy atom. The number of rotatable bonds is 4. The number of nitrogens with zero attached hydrogens (tertiary/aromatic N) is 1. The average molecular weight is 253 g/mol. The summed E-state index contributed by atoms with van der Waals surface area (Å²) in [6.07, 6.45) is 8.75. The molecule has 2 aliphatic heterocycles. The van der Waals surface area contributed by atoms with Crippen LogP contribution in [0, 0.1) is 0 Å². The summed E-state index contributed by atoms with van der Waals surface area (Å²) in [5.74, 6) is 0.199. The number of likely N-dealkylation sites (tertiary alicyclic amines) is 1. The van der Waals surface area contributed by atoms with E-state index in [1.165, 1.54) is 51.6 Å². The van der Waals surface area contributed by atoms with Crippen molar-refractivity contribution in [1.29, 1.82) is 0 Å². The van der Waals surface area contributed by atoms with Gasteiger partial charge in [-0.2, -0.15) is 0 Å². The molecule has 0 aromatic rings. The van der Waals surface area contributed by atoms with Crippen LogP contribution in [-0.4, -0.2) is 49.6 Å². The fraction of sp³-hybridized carbons (Fsp3) is 0.929. The van der Waals surface area contributed by atoms with Gasteiger partial charge in [-0.05, 0) is 45.3 Å². The lowest BCUT2D eigenvalue weighted by Gasteiger charge is -2.24. The number of hydrogen-bond acceptors (Lipinski definition) is 3. The Balaban J connectivity index is 1.60. The first-order valence-corrected chi connectivity index (χ1v) is 7.60. The lowest BCUT2D eigenvalue weighted by atomic mass is 10.0. The van der Waals surface area contributed by atoms with Crippen LogP contribution in [0.15, 0.2) is 0 Å². The summed E-state index contributed by atoms with van der Waals surface area (Å²) in [6, 6.07) is 0.0582. The van der Waals surface area contributed by atoms with E-state index in [0.717, 1.165) is 26.1 Å². The molecule has 0 aliphatic carbocycles. The zero-order valence-corrected chi connectivity index (χ0v) is 11.4. The SMILES string of the molecule is O=C(NCCN1CCCCCC1)C1CCCCN1. The van der Waals surface area contributed by atoms with Crippen LogP contribution in [0.2, 0.25) is 0 Å². The number of carbonyl (C=O) groups is 1. The van der Waals surface area contributed by atoms with Crippen molar-refractivity contribution in [2.75, 3.05) is 32.7 Å². The normalized spacial score (nSPS) is 26.6. The maximum atomic E-state index is 11.9. The molecule has 2 N–H and O–H groups in total. The lowest BCUT2D eigenvalue weighted by Crippen LogP contribution is -2.48. The van der Waals surface area contributed by atoms with Crippen LogP contribution in [0.4, 0.5) is 0 Å². The predicted octanol–water partition coefficient (Wildman–Crippen LogP) is 1.12. The fourth-order valence-corrected chi connectivity index (χ4v) is 2.90. The molecule has 104 valence electrons. The maximum Gasteiger partial charge on any atom is 0.237 e. The van der Waals surface area contributed by atoms with E-state index in [1.54, 1.807) is 0 Å². The van der Waals surface area contributed by atoms with Crippen molar-refractivity contribution >= 4 is 5.91 Å². The molecular weight excluding hydrogens is 226 g/mol. The quantitative estimate of drug-likeness (QED) is 0.789. The van der Waals surface area contributed by atoms with E-state index < -0.39 is 0 Å². The molecule has 2 saturated heterocycles. The number of piperidine rings is 1. The molecule has 0 aromatic carbocycles. The summed E-state index contributed by atoms with van der Waals surface area (Å²) in [7, 11) is 0. The molecule has 1 atom stereocenters. The van der Waals surface area contributed by atoms with Gasteiger partial charge in [0, 0.05) is 13.1 Å². The molecule has 0 aromatic heterocycles. The third kappa shape index (κ3) is 4.58. The summed E-state index contributed by atoms with van der Waals surface area (Å²) in [5.41, 5.74) is 0. The highest BCUT2D eigenvalue weighted by Gasteiger charge is 2.20. The van der Waals surface area contributed by atoms with Gasteiger partial charge >= 0.3 is 0 Å². The van der Waals surface area contributed by atoms with Gasteiger partial charge in [0.05, 0.1) is 6.04 Å². The molecule has 4 nitrogen and oxygen atoms in total. The maximum absolute atomic E-state index is 11.9. The molecule has 0 spiro atoms. The Labute approximate surface area is 110 Å². The third-order valence-electron chi connectivity index (χ3n) is 4.05. The first kappa shape index (κ1) is 13.8. The van der Waals surface area contributed by atoms with Crippen molar-refractivity contribution in [3.8, 4) is 0 Å². The van der Waals surface area contributed by atoms with E-state index in [9.17, 15) is 4.79 Å². The van der Waals surface area contributed by atoms with E-state index in [1.807, 2.05) is 0 Å². The van der Waals surface area contributed by atoms with Gasteiger partial charge in [0.1, 0.15) is 0 Å². The highest BCUT2D eigenvalue weighted by atomic mass is 16.2. The second-order valence-electron chi connectivity index (χ2n) is 5.55. The zero-order valence-electron chi connectivity index (χ0n) is 11.4. The molecule has 1 unspecified atom stereocenters. The minimum atomic E-state index is 0.0582. The van der Waals surface area contributed by atoms with Crippen LogP contribution >= 0.6 is 0 Å². The van der Waals surface area contributed by atoms with E-state index in [0.29, 0.717) is 0 Å². The molecular formula is C14H27N3O. The second kappa shape index (κ2) is 7.74. The standard InChI is InChI=1S/C14H27N3O/c18-14(13-7-3-4-8-15-13)16-9-12-17-10-5-1-2-6-11-17/h13,15H,1-12H2,(H,16,18). The Morgan fingerprint density at radius 1 is 1.11 bits per heavy atom. The molecule has 4 heteroatoms. The highest BCUT2D eigenvalue weighted by Crippen LogP contribution is 2.09. The molecule has 0 radical (unpaired) electrons. The van der Waals surface area contributed by atoms with Crippen molar-refractivity contribution in [2.45, 2.75) is 51.0 Å². The van der Waals surface area contributed by atoms with Gasteiger partial charge in [-0.1, -0.05) is 19.3 Å². The largest absolute Gasteiger partial charge is 0.353 e. The van der Waals surface area contributed by atoms with Gasteiger partial charge < -0.3 is 15.5 Å². The van der Waals surface area contributed by atoms with Crippen LogP contribution < -0.4 is 10.6 Å². The van der Waals surface area contributed by atoms with Crippen LogP contribution in [0.5, 0.6) is 0 Å². The molecule has 18 heavy (non-hydrogen) atoms. The Morgan fingerprint density at radius 2 is 1.89 bits per heavy atom. The summed E-state index contributed by atoms with van der Waals surface area (Å²) >= 11 is 0. The number of nitrogens with one attached hydrogen (secondary N) is 2. The fourth-order valence-electron chi connectivity index (χ4n) is 2.90. The van der Waals surface area contributed by atoms with Crippen molar-refractivity contribution in [3.05, 3.63) is 0 Å². The van der Waals surface area contributed by atoms with Crippen molar-refractivity contribution in [1.82, 2.24) is 15.5 Å². The minimum absolute atomic E-state index is 0.0582. The van der Waals surface area contributed by atoms with E-state index in [-0.39, 0.29) is 11.9 Å². The Kier molecular flexibility index (Phi) is 5.94. The van der Waals surface area contributed by atoms with Crippen molar-refractivity contribution in [2.24, 2.45) is 0 Å². The van der Waals surface area contributed by atoms with Gasteiger partial charge in [-0.3, -0.25) is 4.79 Å². The van der Waals surface area contributed by atoms with Crippen LogP contribution in [-0.2, 0) is 4.79 Å². The predicted molar refractivity (Wildman–Crippen MR) is 73.6 cm³/mol. The number of hydrogen-bond donors (Lipinski definition) is 2. The molecule has 2 rings (SSSR count). The van der Waals surface area contributed by atoms with Crippen molar-refractivity contribution < 1.29 is 4.79 Å². The zero-order chi connectivity index (χ0) is 12.6. The Bertz CT molecular complexity index is 243. The van der Waals surface area contributed by atoms with Gasteiger partial charge in [-0.15, -0.1) is 0 Å². The molecule has 0 saturated carbocycles. The smallest absolute Gasteiger partial charge is 0.237 e. The third-order valence-corrected chi connectivity index (χ3v) is 4.05.